The maximum absolute atomic E-state index is 13.9. The molecule has 4 heterocycles. The highest BCUT2D eigenvalue weighted by atomic mass is 35.5. The van der Waals surface area contributed by atoms with Crippen molar-refractivity contribution < 1.29 is 19.1 Å². The number of imide groups is 1. The van der Waals surface area contributed by atoms with Crippen LogP contribution in [0.15, 0.2) is 36.4 Å². The number of halogens is 1. The fourth-order valence-electron chi connectivity index (χ4n) is 6.38. The average molecular weight is 452 g/mol. The van der Waals surface area contributed by atoms with E-state index in [1.54, 1.807) is 37.4 Å². The smallest absolute Gasteiger partial charge is 0.250 e. The molecule has 32 heavy (non-hydrogen) atoms. The summed E-state index contributed by atoms with van der Waals surface area (Å²) in [6, 6.07) is 10.3. The van der Waals surface area contributed by atoms with Gasteiger partial charge >= 0.3 is 0 Å². The monoisotopic (exact) mass is 451 g/mol. The van der Waals surface area contributed by atoms with Crippen LogP contribution in [0.1, 0.15) is 24.0 Å². The van der Waals surface area contributed by atoms with Crippen molar-refractivity contribution in [2.75, 3.05) is 23.9 Å². The summed E-state index contributed by atoms with van der Waals surface area (Å²) in [5.74, 6) is -1.48. The van der Waals surface area contributed by atoms with Gasteiger partial charge in [-0.2, -0.15) is 0 Å². The van der Waals surface area contributed by atoms with E-state index in [1.807, 2.05) is 13.0 Å². The topological polar surface area (TPSA) is 79.0 Å². The number of nitrogens with one attached hydrogen (secondary N) is 1. The van der Waals surface area contributed by atoms with E-state index >= 15 is 0 Å². The first-order valence-corrected chi connectivity index (χ1v) is 11.2. The first-order chi connectivity index (χ1) is 15.4. The SMILES string of the molecule is COc1ccc(N2C(=O)[C@@H]3[C@@H]4CCCN4[C@]4(C(=O)Nc5c4ccc(Cl)c5C)[C@H]3C2=O)cc1. The summed E-state index contributed by atoms with van der Waals surface area (Å²) in [5.41, 5.74) is 1.50. The van der Waals surface area contributed by atoms with Gasteiger partial charge in [-0.25, -0.2) is 4.90 Å². The number of fused-ring (bicyclic) bond motifs is 7. The van der Waals surface area contributed by atoms with Gasteiger partial charge in [0.05, 0.1) is 30.3 Å². The number of anilines is 2. The molecule has 0 unspecified atom stereocenters. The van der Waals surface area contributed by atoms with Gasteiger partial charge in [0.15, 0.2) is 0 Å². The summed E-state index contributed by atoms with van der Waals surface area (Å²) in [4.78, 5) is 44.6. The lowest BCUT2D eigenvalue weighted by Gasteiger charge is -2.36. The molecule has 4 aliphatic heterocycles. The highest BCUT2D eigenvalue weighted by Gasteiger charge is 2.74. The number of rotatable bonds is 2. The van der Waals surface area contributed by atoms with Gasteiger partial charge in [0.1, 0.15) is 11.3 Å². The summed E-state index contributed by atoms with van der Waals surface area (Å²) in [5, 5.41) is 3.56. The van der Waals surface area contributed by atoms with Crippen molar-refractivity contribution in [1.29, 1.82) is 0 Å². The third-order valence-corrected chi connectivity index (χ3v) is 8.10. The van der Waals surface area contributed by atoms with Crippen LogP contribution in [0.25, 0.3) is 0 Å². The fraction of sp³-hybridized carbons (Fsp3) is 0.375. The van der Waals surface area contributed by atoms with E-state index in [-0.39, 0.29) is 23.8 Å². The Morgan fingerprint density at radius 2 is 1.84 bits per heavy atom. The van der Waals surface area contributed by atoms with Crippen LogP contribution < -0.4 is 15.0 Å². The summed E-state index contributed by atoms with van der Waals surface area (Å²) in [6.45, 7) is 2.54. The Bertz CT molecular complexity index is 1200. The minimum absolute atomic E-state index is 0.146. The van der Waals surface area contributed by atoms with Crippen LogP contribution in [0.3, 0.4) is 0 Å². The van der Waals surface area contributed by atoms with Crippen molar-refractivity contribution >= 4 is 40.7 Å². The van der Waals surface area contributed by atoms with Gasteiger partial charge in [0.25, 0.3) is 0 Å². The number of ether oxygens (including phenoxy) is 1. The molecule has 1 N–H and O–H groups in total. The van der Waals surface area contributed by atoms with Crippen LogP contribution in [0, 0.1) is 18.8 Å². The van der Waals surface area contributed by atoms with Crippen LogP contribution in [-0.2, 0) is 19.9 Å². The van der Waals surface area contributed by atoms with E-state index in [0.717, 1.165) is 24.0 Å². The lowest BCUT2D eigenvalue weighted by molar-refractivity contribution is -0.135. The predicted octanol–water partition coefficient (Wildman–Crippen LogP) is 3.09. The molecule has 3 saturated heterocycles. The zero-order valence-corrected chi connectivity index (χ0v) is 18.5. The minimum atomic E-state index is -1.19. The molecule has 3 fully saturated rings. The van der Waals surface area contributed by atoms with Crippen LogP contribution in [0.2, 0.25) is 5.02 Å². The molecule has 8 heteroatoms. The Balaban J connectivity index is 1.53. The number of hydrogen-bond acceptors (Lipinski definition) is 5. The summed E-state index contributed by atoms with van der Waals surface area (Å²) in [6.07, 6.45) is 1.67. The fourth-order valence-corrected chi connectivity index (χ4v) is 6.53. The van der Waals surface area contributed by atoms with E-state index < -0.39 is 17.4 Å². The summed E-state index contributed by atoms with van der Waals surface area (Å²) < 4.78 is 5.21. The number of nitrogens with zero attached hydrogens (tertiary/aromatic N) is 2. The molecular weight excluding hydrogens is 430 g/mol. The third kappa shape index (κ3) is 2.18. The van der Waals surface area contributed by atoms with Gasteiger partial charge in [-0.05, 0) is 62.2 Å². The van der Waals surface area contributed by atoms with E-state index in [4.69, 9.17) is 16.3 Å². The van der Waals surface area contributed by atoms with Gasteiger partial charge in [-0.3, -0.25) is 19.3 Å². The Labute approximate surface area is 190 Å². The van der Waals surface area contributed by atoms with Crippen molar-refractivity contribution in [1.82, 2.24) is 4.90 Å². The Morgan fingerprint density at radius 3 is 2.56 bits per heavy atom. The number of benzene rings is 2. The standard InChI is InChI=1S/C24H22ClN3O4/c1-12-16(25)10-9-15-20(12)26-23(31)24(15)19-18(17-4-3-11-27(17)24)21(29)28(22(19)30)13-5-7-14(32-2)8-6-13/h5-10,17-19H,3-4,11H2,1-2H3,(H,26,31)/t17-,18+,19+,24-/m0/s1. The molecule has 164 valence electrons. The maximum Gasteiger partial charge on any atom is 0.250 e. The molecule has 3 amide bonds. The number of hydrogen-bond donors (Lipinski definition) is 1. The molecule has 0 bridgehead atoms. The quantitative estimate of drug-likeness (QED) is 0.710. The highest BCUT2D eigenvalue weighted by Crippen LogP contribution is 2.61. The van der Waals surface area contributed by atoms with Gasteiger partial charge in [-0.15, -0.1) is 0 Å². The zero-order chi connectivity index (χ0) is 22.4. The molecule has 4 atom stereocenters. The number of carbonyl (C=O) groups excluding carboxylic acids is 3. The first-order valence-electron chi connectivity index (χ1n) is 10.8. The molecule has 2 aromatic carbocycles. The molecule has 7 nitrogen and oxygen atoms in total. The van der Waals surface area contributed by atoms with Crippen molar-refractivity contribution in [3.63, 3.8) is 0 Å². The minimum Gasteiger partial charge on any atom is -0.497 e. The molecular formula is C24H22ClN3O4. The molecule has 0 radical (unpaired) electrons. The van der Waals surface area contributed by atoms with Crippen molar-refractivity contribution in [3.05, 3.63) is 52.5 Å². The Hall–Kier alpha value is -2.90. The summed E-state index contributed by atoms with van der Waals surface area (Å²) in [7, 11) is 1.56. The highest BCUT2D eigenvalue weighted by molar-refractivity contribution is 6.32. The molecule has 0 aliphatic carbocycles. The van der Waals surface area contributed by atoms with E-state index in [1.165, 1.54) is 4.90 Å². The van der Waals surface area contributed by atoms with Gasteiger partial charge < -0.3 is 10.1 Å². The van der Waals surface area contributed by atoms with Crippen molar-refractivity contribution in [2.24, 2.45) is 11.8 Å². The first kappa shape index (κ1) is 19.8. The normalized spacial score (nSPS) is 30.7. The summed E-state index contributed by atoms with van der Waals surface area (Å²) >= 11 is 6.33. The van der Waals surface area contributed by atoms with E-state index in [2.05, 4.69) is 10.2 Å². The number of amides is 3. The molecule has 0 saturated carbocycles. The third-order valence-electron chi connectivity index (χ3n) is 7.69. The largest absolute Gasteiger partial charge is 0.497 e. The maximum atomic E-state index is 13.9. The number of carbonyl (C=O) groups is 3. The van der Waals surface area contributed by atoms with Gasteiger partial charge in [0, 0.05) is 16.6 Å². The van der Waals surface area contributed by atoms with Gasteiger partial charge in [-0.1, -0.05) is 17.7 Å². The molecule has 0 aromatic heterocycles. The number of methoxy groups -OCH3 is 1. The zero-order valence-electron chi connectivity index (χ0n) is 17.7. The molecule has 1 spiro atoms. The van der Waals surface area contributed by atoms with Crippen LogP contribution in [-0.4, -0.2) is 42.3 Å². The van der Waals surface area contributed by atoms with Crippen molar-refractivity contribution in [3.8, 4) is 5.75 Å². The van der Waals surface area contributed by atoms with Crippen LogP contribution in [0.4, 0.5) is 11.4 Å². The van der Waals surface area contributed by atoms with E-state index in [0.29, 0.717) is 28.7 Å². The molecule has 2 aromatic rings. The lowest BCUT2D eigenvalue weighted by atomic mass is 9.75. The van der Waals surface area contributed by atoms with Crippen LogP contribution >= 0.6 is 11.6 Å². The molecule has 6 rings (SSSR count). The van der Waals surface area contributed by atoms with E-state index in [9.17, 15) is 14.4 Å². The Morgan fingerprint density at radius 1 is 1.09 bits per heavy atom. The second-order valence-corrected chi connectivity index (χ2v) is 9.34. The van der Waals surface area contributed by atoms with Gasteiger partial charge in [0.2, 0.25) is 17.7 Å². The average Bonchev–Trinajstić information content (AvgIpc) is 3.50. The molecule has 4 aliphatic rings. The Kier molecular flexibility index (Phi) is 4.05. The second kappa shape index (κ2) is 6.56. The predicted molar refractivity (Wildman–Crippen MR) is 119 cm³/mol. The van der Waals surface area contributed by atoms with Crippen molar-refractivity contribution in [2.45, 2.75) is 31.3 Å². The second-order valence-electron chi connectivity index (χ2n) is 8.93. The van der Waals surface area contributed by atoms with Crippen LogP contribution in [0.5, 0.6) is 5.75 Å². The lowest BCUT2D eigenvalue weighted by Crippen LogP contribution is -2.54.